The quantitative estimate of drug-likeness (QED) is 0.889. The third-order valence-electron chi connectivity index (χ3n) is 4.71. The molecule has 0 fully saturated rings. The largest absolute Gasteiger partial charge is 0.484 e. The molecule has 142 valence electrons. The van der Waals surface area contributed by atoms with E-state index in [0.717, 1.165) is 0 Å². The number of fused-ring (bicyclic) bond motifs is 1. The molecule has 3 rings (SSSR count). The first-order valence-corrected chi connectivity index (χ1v) is 9.20. The molecule has 2 aromatic carbocycles. The van der Waals surface area contributed by atoms with Gasteiger partial charge in [0, 0.05) is 12.5 Å². The molecule has 2 amide bonds. The molecule has 0 radical (unpaired) electrons. The first-order chi connectivity index (χ1) is 12.8. The van der Waals surface area contributed by atoms with E-state index in [2.05, 4.69) is 26.1 Å². The van der Waals surface area contributed by atoms with Crippen LogP contribution in [0.3, 0.4) is 0 Å². The maximum atomic E-state index is 12.9. The highest BCUT2D eigenvalue weighted by Crippen LogP contribution is 2.31. The van der Waals surface area contributed by atoms with Gasteiger partial charge in [0.1, 0.15) is 5.75 Å². The van der Waals surface area contributed by atoms with Gasteiger partial charge in [0.15, 0.2) is 6.61 Å². The molecule has 1 atom stereocenters. The maximum Gasteiger partial charge on any atom is 0.265 e. The predicted octanol–water partition coefficient (Wildman–Crippen LogP) is 4.13. The lowest BCUT2D eigenvalue weighted by Crippen LogP contribution is -2.41. The Bertz CT molecular complexity index is 837. The molecule has 0 unspecified atom stereocenters. The van der Waals surface area contributed by atoms with Crippen LogP contribution < -0.4 is 15.0 Å². The Kier molecular flexibility index (Phi) is 5.22. The molecule has 5 heteroatoms. The lowest BCUT2D eigenvalue weighted by Gasteiger charge is -2.27. The zero-order chi connectivity index (χ0) is 19.6. The van der Waals surface area contributed by atoms with Crippen molar-refractivity contribution in [2.75, 3.05) is 16.8 Å². The van der Waals surface area contributed by atoms with Crippen LogP contribution in [0.15, 0.2) is 48.5 Å². The molecule has 0 bridgehead atoms. The van der Waals surface area contributed by atoms with E-state index in [4.69, 9.17) is 4.74 Å². The Balaban J connectivity index is 1.74. The SMILES string of the molecule is C[C@@H]1CC(=O)Nc2ccccc2N1C(=O)COc1ccc(C(C)(C)C)cc1. The molecular formula is C22H26N2O3. The Morgan fingerprint density at radius 2 is 1.81 bits per heavy atom. The maximum absolute atomic E-state index is 12.9. The van der Waals surface area contributed by atoms with Gasteiger partial charge >= 0.3 is 0 Å². The van der Waals surface area contributed by atoms with Crippen molar-refractivity contribution in [3.05, 3.63) is 54.1 Å². The Hall–Kier alpha value is -2.82. The van der Waals surface area contributed by atoms with Gasteiger partial charge in [-0.3, -0.25) is 9.59 Å². The average Bonchev–Trinajstić information content (AvgIpc) is 2.73. The molecule has 5 nitrogen and oxygen atoms in total. The number of benzene rings is 2. The van der Waals surface area contributed by atoms with Crippen molar-refractivity contribution in [3.8, 4) is 5.75 Å². The van der Waals surface area contributed by atoms with Gasteiger partial charge in [-0.1, -0.05) is 45.0 Å². The van der Waals surface area contributed by atoms with Crippen molar-refractivity contribution in [1.82, 2.24) is 0 Å². The Morgan fingerprint density at radius 1 is 1.15 bits per heavy atom. The van der Waals surface area contributed by atoms with Crippen LogP contribution in [0.25, 0.3) is 0 Å². The summed E-state index contributed by atoms with van der Waals surface area (Å²) in [6.07, 6.45) is 0.251. The third-order valence-corrected chi connectivity index (χ3v) is 4.71. The molecule has 0 saturated heterocycles. The van der Waals surface area contributed by atoms with Crippen molar-refractivity contribution in [2.45, 2.75) is 45.6 Å². The van der Waals surface area contributed by atoms with Gasteiger partial charge in [-0.15, -0.1) is 0 Å². The first-order valence-electron chi connectivity index (χ1n) is 9.20. The van der Waals surface area contributed by atoms with E-state index >= 15 is 0 Å². The fourth-order valence-corrected chi connectivity index (χ4v) is 3.23. The lowest BCUT2D eigenvalue weighted by molar-refractivity contribution is -0.121. The highest BCUT2D eigenvalue weighted by molar-refractivity contribution is 6.04. The molecule has 1 aliphatic heterocycles. The van der Waals surface area contributed by atoms with Crippen molar-refractivity contribution in [1.29, 1.82) is 0 Å². The minimum Gasteiger partial charge on any atom is -0.484 e. The normalized spacial score (nSPS) is 17.0. The van der Waals surface area contributed by atoms with Crippen molar-refractivity contribution >= 4 is 23.2 Å². The zero-order valence-corrected chi connectivity index (χ0v) is 16.3. The van der Waals surface area contributed by atoms with Crippen LogP contribution in [-0.4, -0.2) is 24.5 Å². The fourth-order valence-electron chi connectivity index (χ4n) is 3.23. The van der Waals surface area contributed by atoms with E-state index in [-0.39, 0.29) is 36.3 Å². The van der Waals surface area contributed by atoms with E-state index in [9.17, 15) is 9.59 Å². The van der Waals surface area contributed by atoms with Crippen LogP contribution in [-0.2, 0) is 15.0 Å². The van der Waals surface area contributed by atoms with E-state index in [0.29, 0.717) is 17.1 Å². The van der Waals surface area contributed by atoms with Gasteiger partial charge < -0.3 is 15.0 Å². The molecule has 1 aliphatic rings. The third kappa shape index (κ3) is 4.30. The van der Waals surface area contributed by atoms with E-state index in [1.54, 1.807) is 11.0 Å². The van der Waals surface area contributed by atoms with E-state index < -0.39 is 0 Å². The topological polar surface area (TPSA) is 58.6 Å². The summed E-state index contributed by atoms with van der Waals surface area (Å²) in [6.45, 7) is 8.25. The highest BCUT2D eigenvalue weighted by Gasteiger charge is 2.29. The Morgan fingerprint density at radius 3 is 2.48 bits per heavy atom. The summed E-state index contributed by atoms with van der Waals surface area (Å²) in [5.74, 6) is 0.386. The number of rotatable bonds is 3. The van der Waals surface area contributed by atoms with Gasteiger partial charge in [-0.05, 0) is 42.2 Å². The number of amides is 2. The molecule has 0 saturated carbocycles. The second-order valence-electron chi connectivity index (χ2n) is 7.95. The Labute approximate surface area is 160 Å². The van der Waals surface area contributed by atoms with Gasteiger partial charge in [-0.2, -0.15) is 0 Å². The summed E-state index contributed by atoms with van der Waals surface area (Å²) in [6, 6.07) is 14.9. The minimum absolute atomic E-state index is 0.0685. The summed E-state index contributed by atoms with van der Waals surface area (Å²) in [5, 5.41) is 2.86. The van der Waals surface area contributed by atoms with Crippen LogP contribution >= 0.6 is 0 Å². The number of ether oxygens (including phenoxy) is 1. The number of anilines is 2. The zero-order valence-electron chi connectivity index (χ0n) is 16.3. The van der Waals surface area contributed by atoms with Crippen LogP contribution in [0.5, 0.6) is 5.75 Å². The monoisotopic (exact) mass is 366 g/mol. The number of carbonyl (C=O) groups excluding carboxylic acids is 2. The molecule has 2 aromatic rings. The molecule has 0 aromatic heterocycles. The average molecular weight is 366 g/mol. The van der Waals surface area contributed by atoms with Gasteiger partial charge in [0.05, 0.1) is 11.4 Å². The summed E-state index contributed by atoms with van der Waals surface area (Å²) >= 11 is 0. The molecule has 1 heterocycles. The van der Waals surface area contributed by atoms with Crippen LogP contribution in [0.1, 0.15) is 39.7 Å². The predicted molar refractivity (Wildman–Crippen MR) is 107 cm³/mol. The summed E-state index contributed by atoms with van der Waals surface area (Å²) in [5.41, 5.74) is 2.63. The van der Waals surface area contributed by atoms with Crippen LogP contribution in [0.4, 0.5) is 11.4 Å². The number of hydrogen-bond donors (Lipinski definition) is 1. The van der Waals surface area contributed by atoms with Crippen LogP contribution in [0.2, 0.25) is 0 Å². The second-order valence-corrected chi connectivity index (χ2v) is 7.95. The first kappa shape index (κ1) is 19.0. The summed E-state index contributed by atoms with van der Waals surface area (Å²) < 4.78 is 5.72. The van der Waals surface area contributed by atoms with Gasteiger partial charge in [0.25, 0.3) is 5.91 Å². The fraction of sp³-hybridized carbons (Fsp3) is 0.364. The second kappa shape index (κ2) is 7.43. The molecule has 27 heavy (non-hydrogen) atoms. The summed E-state index contributed by atoms with van der Waals surface area (Å²) in [4.78, 5) is 26.6. The smallest absolute Gasteiger partial charge is 0.265 e. The number of carbonyl (C=O) groups is 2. The van der Waals surface area contributed by atoms with Crippen molar-refractivity contribution in [3.63, 3.8) is 0 Å². The van der Waals surface area contributed by atoms with Crippen LogP contribution in [0, 0.1) is 0 Å². The van der Waals surface area contributed by atoms with Crippen molar-refractivity contribution in [2.24, 2.45) is 0 Å². The molecule has 1 N–H and O–H groups in total. The standard InChI is InChI=1S/C22H26N2O3/c1-15-13-20(25)23-18-7-5-6-8-19(18)24(15)21(26)14-27-17-11-9-16(10-12-17)22(2,3)4/h5-12,15H,13-14H2,1-4H3,(H,23,25)/t15-/m1/s1. The van der Waals surface area contributed by atoms with E-state index in [1.807, 2.05) is 49.4 Å². The molecule has 0 spiro atoms. The lowest BCUT2D eigenvalue weighted by atomic mass is 9.87. The number of para-hydroxylation sites is 2. The summed E-state index contributed by atoms with van der Waals surface area (Å²) in [7, 11) is 0. The van der Waals surface area contributed by atoms with Crippen molar-refractivity contribution < 1.29 is 14.3 Å². The van der Waals surface area contributed by atoms with Gasteiger partial charge in [0.2, 0.25) is 5.91 Å². The molecular weight excluding hydrogens is 340 g/mol. The van der Waals surface area contributed by atoms with E-state index in [1.165, 1.54) is 5.56 Å². The number of hydrogen-bond acceptors (Lipinski definition) is 3. The van der Waals surface area contributed by atoms with Gasteiger partial charge in [-0.25, -0.2) is 0 Å². The minimum atomic E-state index is -0.243. The highest BCUT2D eigenvalue weighted by atomic mass is 16.5. The number of nitrogens with zero attached hydrogens (tertiary/aromatic N) is 1. The molecule has 0 aliphatic carbocycles. The number of nitrogens with one attached hydrogen (secondary N) is 1.